The number of nitrogens with zero attached hydrogens (tertiary/aromatic N) is 6. The van der Waals surface area contributed by atoms with Gasteiger partial charge in [0.1, 0.15) is 5.82 Å². The number of imidazole rings is 1. The van der Waals surface area contributed by atoms with Gasteiger partial charge >= 0.3 is 0 Å². The molecule has 1 fully saturated rings. The quantitative estimate of drug-likeness (QED) is 0.505. The third kappa shape index (κ3) is 3.82. The van der Waals surface area contributed by atoms with E-state index in [9.17, 15) is 0 Å². The highest BCUT2D eigenvalue weighted by molar-refractivity contribution is 5.86. The number of rotatable bonds is 5. The second-order valence-corrected chi connectivity index (χ2v) is 8.39. The lowest BCUT2D eigenvalue weighted by Gasteiger charge is -2.33. The Morgan fingerprint density at radius 3 is 3.03 bits per heavy atom. The summed E-state index contributed by atoms with van der Waals surface area (Å²) in [6.45, 7) is 5.36. The summed E-state index contributed by atoms with van der Waals surface area (Å²) in [7, 11) is 0. The molecular formula is C25H25N7O. The van der Waals surface area contributed by atoms with Crippen molar-refractivity contribution >= 4 is 29.2 Å². The van der Waals surface area contributed by atoms with E-state index >= 15 is 0 Å². The predicted octanol–water partition coefficient (Wildman–Crippen LogP) is 4.08. The van der Waals surface area contributed by atoms with E-state index in [1.54, 1.807) is 6.20 Å². The minimum Gasteiger partial charge on any atom is -0.375 e. The molecule has 0 saturated carbocycles. The van der Waals surface area contributed by atoms with Crippen LogP contribution in [0.2, 0.25) is 0 Å². The van der Waals surface area contributed by atoms with E-state index in [0.717, 1.165) is 61.1 Å². The number of aliphatic imine (C=N–C) groups is 1. The lowest BCUT2D eigenvalue weighted by Crippen LogP contribution is -2.42. The van der Waals surface area contributed by atoms with Gasteiger partial charge in [-0.2, -0.15) is 0 Å². The molecule has 4 aromatic rings. The minimum atomic E-state index is 0.268. The highest BCUT2D eigenvalue weighted by Crippen LogP contribution is 2.28. The van der Waals surface area contributed by atoms with Crippen molar-refractivity contribution in [3.8, 4) is 11.3 Å². The van der Waals surface area contributed by atoms with E-state index in [-0.39, 0.29) is 6.10 Å². The number of ether oxygens (including phenoxy) is 1. The number of hydrogen-bond acceptors (Lipinski definition) is 7. The molecule has 0 aliphatic carbocycles. The van der Waals surface area contributed by atoms with Crippen molar-refractivity contribution in [2.75, 3.05) is 29.9 Å². The fourth-order valence-electron chi connectivity index (χ4n) is 4.38. The number of morpholine rings is 1. The van der Waals surface area contributed by atoms with Crippen LogP contribution in [0.25, 0.3) is 16.9 Å². The molecule has 0 unspecified atom stereocenters. The Morgan fingerprint density at radius 1 is 1.18 bits per heavy atom. The van der Waals surface area contributed by atoms with E-state index in [1.807, 2.05) is 41.3 Å². The van der Waals surface area contributed by atoms with Crippen molar-refractivity contribution in [2.24, 2.45) is 4.99 Å². The van der Waals surface area contributed by atoms with Gasteiger partial charge in [-0.05, 0) is 35.7 Å². The van der Waals surface area contributed by atoms with Crippen LogP contribution >= 0.6 is 0 Å². The number of hydrogen-bond donors (Lipinski definition) is 1. The molecule has 0 bridgehead atoms. The summed E-state index contributed by atoms with van der Waals surface area (Å²) >= 11 is 0. The highest BCUT2D eigenvalue weighted by atomic mass is 16.5. The van der Waals surface area contributed by atoms with Gasteiger partial charge in [0.25, 0.3) is 0 Å². The molecule has 0 spiro atoms. The molecule has 0 radical (unpaired) electrons. The van der Waals surface area contributed by atoms with Crippen molar-refractivity contribution in [2.45, 2.75) is 26.0 Å². The molecule has 1 N–H and O–H groups in total. The smallest absolute Gasteiger partial charge is 0.180 e. The van der Waals surface area contributed by atoms with E-state index in [0.29, 0.717) is 5.82 Å². The van der Waals surface area contributed by atoms with E-state index < -0.39 is 0 Å². The third-order valence-electron chi connectivity index (χ3n) is 6.23. The molecule has 1 saturated heterocycles. The summed E-state index contributed by atoms with van der Waals surface area (Å²) in [6, 6.07) is 10.4. The number of anilines is 3. The average molecular weight is 440 g/mol. The summed E-state index contributed by atoms with van der Waals surface area (Å²) in [5.74, 6) is 1.66. The van der Waals surface area contributed by atoms with Crippen LogP contribution in [0.1, 0.15) is 24.5 Å². The van der Waals surface area contributed by atoms with Crippen molar-refractivity contribution < 1.29 is 4.74 Å². The van der Waals surface area contributed by atoms with E-state index in [4.69, 9.17) is 14.7 Å². The number of aromatic nitrogens is 4. The van der Waals surface area contributed by atoms with E-state index in [2.05, 4.69) is 45.3 Å². The topological polar surface area (TPSA) is 79.9 Å². The lowest BCUT2D eigenvalue weighted by molar-refractivity contribution is 0.0382. The monoisotopic (exact) mass is 439 g/mol. The first-order valence-corrected chi connectivity index (χ1v) is 11.3. The molecule has 2 aliphatic rings. The molecule has 8 nitrogen and oxygen atoms in total. The summed E-state index contributed by atoms with van der Waals surface area (Å²) in [5, 5.41) is 3.42. The zero-order chi connectivity index (χ0) is 22.2. The first-order chi connectivity index (χ1) is 16.3. The second-order valence-electron chi connectivity index (χ2n) is 8.39. The van der Waals surface area contributed by atoms with Crippen LogP contribution < -0.4 is 10.2 Å². The fraction of sp³-hybridized carbons (Fsp3) is 0.280. The molecule has 1 aromatic carbocycles. The van der Waals surface area contributed by atoms with Gasteiger partial charge in [-0.15, -0.1) is 0 Å². The Labute approximate surface area is 192 Å². The van der Waals surface area contributed by atoms with Gasteiger partial charge in [0.15, 0.2) is 11.5 Å². The van der Waals surface area contributed by atoms with Crippen molar-refractivity contribution in [1.82, 2.24) is 19.4 Å². The predicted molar refractivity (Wildman–Crippen MR) is 129 cm³/mol. The molecule has 0 amide bonds. The maximum atomic E-state index is 5.78. The van der Waals surface area contributed by atoms with Crippen LogP contribution in [0.4, 0.5) is 17.3 Å². The Bertz CT molecular complexity index is 1330. The van der Waals surface area contributed by atoms with Gasteiger partial charge in [-0.1, -0.05) is 19.1 Å². The van der Waals surface area contributed by atoms with Crippen LogP contribution in [-0.2, 0) is 11.3 Å². The van der Waals surface area contributed by atoms with Crippen LogP contribution in [0.5, 0.6) is 0 Å². The molecule has 166 valence electrons. The van der Waals surface area contributed by atoms with Gasteiger partial charge in [0.05, 0.1) is 36.8 Å². The maximum Gasteiger partial charge on any atom is 0.180 e. The highest BCUT2D eigenvalue weighted by Gasteiger charge is 2.20. The number of pyridine rings is 1. The minimum absolute atomic E-state index is 0.268. The first kappa shape index (κ1) is 19.9. The van der Waals surface area contributed by atoms with Crippen molar-refractivity contribution in [3.05, 3.63) is 66.2 Å². The van der Waals surface area contributed by atoms with Gasteiger partial charge in [-0.3, -0.25) is 4.99 Å². The standard InChI is InChI=1S/C25H25N7O/c1-2-21-15-31(9-10-33-21)23-6-5-20(14-28-23)29-24-25-27-7-8-32(25)16-22(30-24)17-3-4-18-12-26-13-19(18)11-17/h3-8,11-12,14,16,21H,2,9-10,13,15H2,1H3,(H,29,30)/t21-/m1/s1. The first-order valence-electron chi connectivity index (χ1n) is 11.3. The average Bonchev–Trinajstić information content (AvgIpc) is 3.53. The SMILES string of the molecule is CC[C@@H]1CN(c2ccc(Nc3nc(-c4ccc5c(c4)CN=C5)cn4ccnc34)cn2)CCO1. The van der Waals surface area contributed by atoms with Crippen LogP contribution in [-0.4, -0.2) is 51.4 Å². The third-order valence-corrected chi connectivity index (χ3v) is 6.23. The maximum absolute atomic E-state index is 5.78. The van der Waals surface area contributed by atoms with Crippen molar-refractivity contribution in [3.63, 3.8) is 0 Å². The fourth-order valence-corrected chi connectivity index (χ4v) is 4.38. The van der Waals surface area contributed by atoms with Crippen molar-refractivity contribution in [1.29, 1.82) is 0 Å². The normalized spacial score (nSPS) is 17.5. The lowest BCUT2D eigenvalue weighted by atomic mass is 10.0. The zero-order valence-electron chi connectivity index (χ0n) is 18.5. The molecule has 2 aliphatic heterocycles. The molecular weight excluding hydrogens is 414 g/mol. The summed E-state index contributed by atoms with van der Waals surface area (Å²) in [5.41, 5.74) is 5.98. The number of benzene rings is 1. The number of nitrogens with one attached hydrogen (secondary N) is 1. The van der Waals surface area contributed by atoms with E-state index in [1.165, 1.54) is 11.1 Å². The number of fused-ring (bicyclic) bond motifs is 2. The molecule has 5 heterocycles. The van der Waals surface area contributed by atoms with Crippen LogP contribution in [0.3, 0.4) is 0 Å². The molecule has 6 rings (SSSR count). The second kappa shape index (κ2) is 8.29. The van der Waals surface area contributed by atoms with Gasteiger partial charge in [0.2, 0.25) is 0 Å². The van der Waals surface area contributed by atoms with Crippen LogP contribution in [0.15, 0.2) is 60.1 Å². The Kier molecular flexibility index (Phi) is 4.99. The van der Waals surface area contributed by atoms with Gasteiger partial charge in [0, 0.05) is 43.5 Å². The molecule has 3 aromatic heterocycles. The molecule has 1 atom stereocenters. The van der Waals surface area contributed by atoms with Gasteiger partial charge in [-0.25, -0.2) is 15.0 Å². The zero-order valence-corrected chi connectivity index (χ0v) is 18.5. The summed E-state index contributed by atoms with van der Waals surface area (Å²) in [4.78, 5) is 20.7. The Hall–Kier alpha value is -3.78. The Morgan fingerprint density at radius 2 is 2.15 bits per heavy atom. The largest absolute Gasteiger partial charge is 0.375 e. The van der Waals surface area contributed by atoms with Crippen LogP contribution in [0, 0.1) is 0 Å². The summed E-state index contributed by atoms with van der Waals surface area (Å²) in [6.07, 6.45) is 10.8. The van der Waals surface area contributed by atoms with Gasteiger partial charge < -0.3 is 19.4 Å². The summed E-state index contributed by atoms with van der Waals surface area (Å²) < 4.78 is 7.78. The molecule has 33 heavy (non-hydrogen) atoms. The molecule has 8 heteroatoms. The Balaban J connectivity index is 1.28.